The molecule has 0 aliphatic carbocycles. The van der Waals surface area contributed by atoms with Crippen LogP contribution < -0.4 is 17.2 Å². The number of quaternary nitrogens is 1. The molecule has 0 rings (SSSR count). The molecule has 0 aromatic heterocycles. The summed E-state index contributed by atoms with van der Waals surface area (Å²) in [4.78, 5) is 19.4. The van der Waals surface area contributed by atoms with Gasteiger partial charge in [-0.05, 0) is 0 Å². The van der Waals surface area contributed by atoms with Crippen molar-refractivity contribution in [3.05, 3.63) is 0 Å². The number of rotatable bonds is 2. The van der Waals surface area contributed by atoms with Gasteiger partial charge in [0.25, 0.3) is 0 Å². The van der Waals surface area contributed by atoms with Gasteiger partial charge >= 0.3 is 12.0 Å². The van der Waals surface area contributed by atoms with Gasteiger partial charge in [0.2, 0.25) is 0 Å². The van der Waals surface area contributed by atoms with Crippen LogP contribution in [0.1, 0.15) is 0 Å². The number of carboxylic acids is 1. The number of carboxylic acid groups (broad SMARTS) is 1. The highest BCUT2D eigenvalue weighted by atomic mass is 16.4. The van der Waals surface area contributed by atoms with Crippen LogP contribution in [-0.2, 0) is 4.79 Å². The van der Waals surface area contributed by atoms with Crippen LogP contribution in [0.5, 0.6) is 0 Å². The summed E-state index contributed by atoms with van der Waals surface area (Å²) in [6.45, 7) is -0.421. The van der Waals surface area contributed by atoms with E-state index in [1.807, 2.05) is 5.32 Å². The van der Waals surface area contributed by atoms with Gasteiger partial charge in [0.05, 0.1) is 0 Å². The van der Waals surface area contributed by atoms with E-state index in [9.17, 15) is 9.59 Å². The van der Waals surface area contributed by atoms with Crippen LogP contribution >= 0.6 is 0 Å². The predicted molar refractivity (Wildman–Crippen MR) is 31.2 cm³/mol. The van der Waals surface area contributed by atoms with E-state index in [4.69, 9.17) is 5.11 Å². The second kappa shape index (κ2) is 4.85. The van der Waals surface area contributed by atoms with Crippen LogP contribution in [0.2, 0.25) is 0 Å². The van der Waals surface area contributed by atoms with Crippen LogP contribution in [0.3, 0.4) is 0 Å². The summed E-state index contributed by atoms with van der Waals surface area (Å²) in [5.41, 5.74) is 4.53. The molecule has 0 heterocycles. The molecule has 6 nitrogen and oxygen atoms in total. The molecule has 0 aromatic carbocycles. The van der Waals surface area contributed by atoms with Crippen molar-refractivity contribution in [2.45, 2.75) is 0 Å². The molecule has 9 heavy (non-hydrogen) atoms. The maximum Gasteiger partial charge on any atom is 0.323 e. The number of carbonyl (C=O) groups excluding carboxylic acids is 1. The highest BCUT2D eigenvalue weighted by Gasteiger charge is 1.95. The monoisotopic (exact) mass is 136 g/mol. The van der Waals surface area contributed by atoms with Crippen LogP contribution in [-0.4, -0.2) is 23.7 Å². The number of aliphatic carboxylic acids is 1. The molecule has 0 bridgehead atoms. The van der Waals surface area contributed by atoms with Gasteiger partial charge in [-0.2, -0.15) is 0 Å². The Bertz CT molecular complexity index is 98.9. The minimum Gasteiger partial charge on any atom is -0.480 e. The van der Waals surface area contributed by atoms with E-state index in [2.05, 4.69) is 5.73 Å². The first kappa shape index (κ1) is 10.6. The highest BCUT2D eigenvalue weighted by molar-refractivity contribution is 5.78. The van der Waals surface area contributed by atoms with Crippen molar-refractivity contribution in [2.24, 2.45) is 5.73 Å². The van der Waals surface area contributed by atoms with Crippen molar-refractivity contribution in [2.75, 3.05) is 6.54 Å². The molecule has 0 spiro atoms. The summed E-state index contributed by atoms with van der Waals surface area (Å²) in [5, 5.41) is 9.78. The fourth-order valence-corrected chi connectivity index (χ4v) is 0.163. The Kier molecular flexibility index (Phi) is 5.73. The van der Waals surface area contributed by atoms with Crippen molar-refractivity contribution in [1.82, 2.24) is 11.5 Å². The quantitative estimate of drug-likeness (QED) is 0.393. The molecule has 0 saturated carbocycles. The summed E-state index contributed by atoms with van der Waals surface area (Å²) in [6.07, 6.45) is 0. The third kappa shape index (κ3) is 10.8. The lowest BCUT2D eigenvalue weighted by Crippen LogP contribution is -2.33. The van der Waals surface area contributed by atoms with Gasteiger partial charge in [-0.15, -0.1) is 0 Å². The maximum absolute atomic E-state index is 9.75. The van der Waals surface area contributed by atoms with Crippen molar-refractivity contribution >= 4 is 12.0 Å². The van der Waals surface area contributed by atoms with Gasteiger partial charge in [0.1, 0.15) is 6.54 Å². The SMILES string of the molecule is NC(=O)NCC(=O)O.[NH4+]. The van der Waals surface area contributed by atoms with Crippen molar-refractivity contribution < 1.29 is 14.7 Å². The maximum atomic E-state index is 9.75. The van der Waals surface area contributed by atoms with Crippen LogP contribution in [0.25, 0.3) is 0 Å². The molecule has 0 radical (unpaired) electrons. The Balaban J connectivity index is 0. The zero-order valence-electron chi connectivity index (χ0n) is 5.05. The van der Waals surface area contributed by atoms with E-state index in [1.54, 1.807) is 0 Å². The molecule has 6 heteroatoms. The Labute approximate surface area is 51.6 Å². The largest absolute Gasteiger partial charge is 0.480 e. The molecule has 0 fully saturated rings. The van der Waals surface area contributed by atoms with Gasteiger partial charge in [0, 0.05) is 0 Å². The molecular weight excluding hydrogens is 126 g/mol. The number of hydrogen-bond donors (Lipinski definition) is 4. The number of carbonyl (C=O) groups is 2. The normalized spacial score (nSPS) is 7.11. The van der Waals surface area contributed by atoms with E-state index in [1.165, 1.54) is 0 Å². The summed E-state index contributed by atoms with van der Waals surface area (Å²) in [5.74, 6) is -1.11. The fraction of sp³-hybridized carbons (Fsp3) is 0.333. The summed E-state index contributed by atoms with van der Waals surface area (Å²) in [7, 11) is 0. The molecule has 0 aliphatic heterocycles. The Morgan fingerprint density at radius 2 is 2.00 bits per heavy atom. The summed E-state index contributed by atoms with van der Waals surface area (Å²) < 4.78 is 0. The van der Waals surface area contributed by atoms with Crippen molar-refractivity contribution in [3.8, 4) is 0 Å². The first-order valence-corrected chi connectivity index (χ1v) is 1.88. The molecule has 8 N–H and O–H groups in total. The first-order valence-electron chi connectivity index (χ1n) is 1.88. The molecule has 0 atom stereocenters. The zero-order valence-corrected chi connectivity index (χ0v) is 5.05. The number of primary amides is 1. The number of hydrogen-bond acceptors (Lipinski definition) is 2. The van der Waals surface area contributed by atoms with Crippen LogP contribution in [0.4, 0.5) is 4.79 Å². The van der Waals surface area contributed by atoms with Gasteiger partial charge in [-0.1, -0.05) is 0 Å². The molecule has 0 aromatic rings. The lowest BCUT2D eigenvalue weighted by atomic mass is 10.7. The van der Waals surface area contributed by atoms with E-state index in [0.29, 0.717) is 0 Å². The van der Waals surface area contributed by atoms with Gasteiger partial charge in [-0.3, -0.25) is 4.79 Å². The average molecular weight is 136 g/mol. The third-order valence-electron chi connectivity index (χ3n) is 0.414. The van der Waals surface area contributed by atoms with E-state index < -0.39 is 18.5 Å². The summed E-state index contributed by atoms with van der Waals surface area (Å²) >= 11 is 0. The third-order valence-corrected chi connectivity index (χ3v) is 0.414. The molecule has 0 saturated heterocycles. The zero-order chi connectivity index (χ0) is 6.57. The van der Waals surface area contributed by atoms with E-state index in [-0.39, 0.29) is 6.15 Å². The fourth-order valence-electron chi connectivity index (χ4n) is 0.163. The van der Waals surface area contributed by atoms with Gasteiger partial charge in [-0.25, -0.2) is 4.79 Å². The number of nitrogens with one attached hydrogen (secondary N) is 1. The highest BCUT2D eigenvalue weighted by Crippen LogP contribution is 1.57. The second-order valence-corrected chi connectivity index (χ2v) is 1.11. The molecule has 0 unspecified atom stereocenters. The van der Waals surface area contributed by atoms with Gasteiger partial charge in [0.15, 0.2) is 0 Å². The number of amides is 2. The number of urea groups is 1. The van der Waals surface area contributed by atoms with Crippen LogP contribution in [0, 0.1) is 0 Å². The average Bonchev–Trinajstić information content (AvgIpc) is 1.61. The van der Waals surface area contributed by atoms with Gasteiger partial charge < -0.3 is 22.3 Å². The molecular formula is C3H10N3O3+. The Hall–Kier alpha value is -1.30. The first-order chi connectivity index (χ1) is 3.63. The van der Waals surface area contributed by atoms with Crippen molar-refractivity contribution in [3.63, 3.8) is 0 Å². The van der Waals surface area contributed by atoms with Crippen LogP contribution in [0.15, 0.2) is 0 Å². The topological polar surface area (TPSA) is 129 Å². The molecule has 0 aliphatic rings. The lowest BCUT2D eigenvalue weighted by molar-refractivity contribution is -0.135. The molecule has 54 valence electrons. The Morgan fingerprint density at radius 3 is 2.11 bits per heavy atom. The predicted octanol–water partition coefficient (Wildman–Crippen LogP) is -0.885. The van der Waals surface area contributed by atoms with E-state index in [0.717, 1.165) is 0 Å². The minimum absolute atomic E-state index is 0. The minimum atomic E-state index is -1.11. The van der Waals surface area contributed by atoms with Crippen molar-refractivity contribution in [1.29, 1.82) is 0 Å². The summed E-state index contributed by atoms with van der Waals surface area (Å²) in [6, 6.07) is -0.826. The number of nitrogens with two attached hydrogens (primary N) is 1. The smallest absolute Gasteiger partial charge is 0.323 e. The second-order valence-electron chi connectivity index (χ2n) is 1.11. The Morgan fingerprint density at radius 1 is 1.56 bits per heavy atom. The molecule has 2 amide bonds. The lowest BCUT2D eigenvalue weighted by Gasteiger charge is -1.92. The van der Waals surface area contributed by atoms with E-state index >= 15 is 0 Å². The standard InChI is InChI=1S/C3H6N2O3.H3N/c4-3(8)5-1-2(6)7;/h1H2,(H,6,7)(H3,4,5,8);1H3/p+1.